The van der Waals surface area contributed by atoms with Gasteiger partial charge in [-0.05, 0) is 22.9 Å². The largest absolute Gasteiger partial charge is 0.497 e. The fourth-order valence-electron chi connectivity index (χ4n) is 3.29. The molecule has 1 atom stereocenters. The van der Waals surface area contributed by atoms with Gasteiger partial charge in [0.05, 0.1) is 18.7 Å². The van der Waals surface area contributed by atoms with Gasteiger partial charge in [0.15, 0.2) is 6.04 Å². The zero-order valence-corrected chi connectivity index (χ0v) is 13.1. The third-order valence-corrected chi connectivity index (χ3v) is 4.40. The van der Waals surface area contributed by atoms with Crippen LogP contribution in [0.2, 0.25) is 0 Å². The van der Waals surface area contributed by atoms with Crippen molar-refractivity contribution in [3.8, 4) is 11.8 Å². The molecule has 1 amide bonds. The van der Waals surface area contributed by atoms with Gasteiger partial charge < -0.3 is 4.74 Å². The van der Waals surface area contributed by atoms with Crippen molar-refractivity contribution in [3.63, 3.8) is 0 Å². The highest BCUT2D eigenvalue weighted by atomic mass is 16.5. The van der Waals surface area contributed by atoms with Gasteiger partial charge in [0.25, 0.3) is 5.91 Å². The number of carbonyl (C=O) groups excluding carboxylic acids is 1. The second-order valence-corrected chi connectivity index (χ2v) is 5.66. The summed E-state index contributed by atoms with van der Waals surface area (Å²) in [5, 5.41) is 11.6. The molecule has 0 aliphatic carbocycles. The van der Waals surface area contributed by atoms with E-state index < -0.39 is 6.04 Å². The number of nitrogens with zero attached hydrogens (tertiary/aromatic N) is 2. The van der Waals surface area contributed by atoms with Crippen LogP contribution in [0.4, 0.5) is 5.69 Å². The molecule has 116 valence electrons. The van der Waals surface area contributed by atoms with E-state index in [0.29, 0.717) is 17.0 Å². The summed E-state index contributed by atoms with van der Waals surface area (Å²) >= 11 is 0. The molecule has 24 heavy (non-hydrogen) atoms. The summed E-state index contributed by atoms with van der Waals surface area (Å²) in [6, 6.07) is 20.4. The quantitative estimate of drug-likeness (QED) is 0.716. The molecule has 1 aliphatic rings. The number of benzene rings is 3. The molecule has 3 aromatic rings. The minimum atomic E-state index is -0.635. The number of ether oxygens (including phenoxy) is 1. The number of anilines is 1. The first kappa shape index (κ1) is 14.3. The molecular weight excluding hydrogens is 300 g/mol. The number of hydrogen-bond acceptors (Lipinski definition) is 3. The van der Waals surface area contributed by atoms with Gasteiger partial charge in [0.2, 0.25) is 0 Å². The highest BCUT2D eigenvalue weighted by Crippen LogP contribution is 2.41. The van der Waals surface area contributed by atoms with E-state index in [4.69, 9.17) is 4.74 Å². The fraction of sp³-hybridized carbons (Fsp3) is 0.100. The molecule has 0 bridgehead atoms. The standard InChI is InChI=1S/C20H14N2O2/c1-24-15-7-4-6-14(11-15)22-18(12-21)17-10-9-13-5-2-3-8-16(13)19(17)20(22)23/h2-11,18H,1H3. The van der Waals surface area contributed by atoms with Gasteiger partial charge in [0.1, 0.15) is 5.75 Å². The van der Waals surface area contributed by atoms with Crippen LogP contribution < -0.4 is 9.64 Å². The van der Waals surface area contributed by atoms with Crippen molar-refractivity contribution >= 4 is 22.4 Å². The maximum Gasteiger partial charge on any atom is 0.260 e. The lowest BCUT2D eigenvalue weighted by Gasteiger charge is -2.20. The van der Waals surface area contributed by atoms with Gasteiger partial charge in [0, 0.05) is 17.3 Å². The Morgan fingerprint density at radius 1 is 1.08 bits per heavy atom. The van der Waals surface area contributed by atoms with Crippen molar-refractivity contribution in [1.29, 1.82) is 5.26 Å². The van der Waals surface area contributed by atoms with E-state index in [-0.39, 0.29) is 5.91 Å². The van der Waals surface area contributed by atoms with Gasteiger partial charge >= 0.3 is 0 Å². The highest BCUT2D eigenvalue weighted by Gasteiger charge is 2.39. The molecule has 0 radical (unpaired) electrons. The van der Waals surface area contributed by atoms with Crippen LogP contribution in [0.25, 0.3) is 10.8 Å². The Labute approximate surface area is 139 Å². The number of rotatable bonds is 2. The lowest BCUT2D eigenvalue weighted by atomic mass is 9.98. The number of fused-ring (bicyclic) bond motifs is 3. The molecular formula is C20H14N2O2. The Balaban J connectivity index is 1.93. The van der Waals surface area contributed by atoms with Crippen LogP contribution in [0.3, 0.4) is 0 Å². The number of methoxy groups -OCH3 is 1. The summed E-state index contributed by atoms with van der Waals surface area (Å²) in [6.07, 6.45) is 0. The molecule has 0 N–H and O–H groups in total. The van der Waals surface area contributed by atoms with Crippen LogP contribution in [0.5, 0.6) is 5.75 Å². The van der Waals surface area contributed by atoms with Gasteiger partial charge in [-0.2, -0.15) is 5.26 Å². The third kappa shape index (κ3) is 1.95. The molecule has 0 fully saturated rings. The van der Waals surface area contributed by atoms with Gasteiger partial charge in [-0.1, -0.05) is 42.5 Å². The van der Waals surface area contributed by atoms with Crippen LogP contribution in [0, 0.1) is 11.3 Å². The van der Waals surface area contributed by atoms with Crippen LogP contribution in [-0.2, 0) is 0 Å². The summed E-state index contributed by atoms with van der Waals surface area (Å²) in [7, 11) is 1.58. The maximum absolute atomic E-state index is 13.1. The fourth-order valence-corrected chi connectivity index (χ4v) is 3.29. The average Bonchev–Trinajstić information content (AvgIpc) is 2.94. The zero-order chi connectivity index (χ0) is 16.7. The van der Waals surface area contributed by atoms with Crippen LogP contribution in [0.1, 0.15) is 22.0 Å². The molecule has 0 saturated carbocycles. The average molecular weight is 314 g/mol. The Morgan fingerprint density at radius 2 is 1.92 bits per heavy atom. The summed E-state index contributed by atoms with van der Waals surface area (Å²) in [5.41, 5.74) is 2.03. The van der Waals surface area contributed by atoms with E-state index in [1.807, 2.05) is 54.6 Å². The topological polar surface area (TPSA) is 53.3 Å². The van der Waals surface area contributed by atoms with E-state index >= 15 is 0 Å². The Hall–Kier alpha value is -3.32. The van der Waals surface area contributed by atoms with E-state index in [9.17, 15) is 10.1 Å². The molecule has 4 heteroatoms. The molecule has 4 rings (SSSR count). The number of carbonyl (C=O) groups is 1. The van der Waals surface area contributed by atoms with E-state index in [1.165, 1.54) is 0 Å². The Kier molecular flexibility index (Phi) is 3.21. The normalized spacial score (nSPS) is 16.1. The van der Waals surface area contributed by atoms with Gasteiger partial charge in [-0.15, -0.1) is 0 Å². The number of hydrogen-bond donors (Lipinski definition) is 0. The van der Waals surface area contributed by atoms with Crippen molar-refractivity contribution in [2.45, 2.75) is 6.04 Å². The molecule has 1 heterocycles. The van der Waals surface area contributed by atoms with Crippen molar-refractivity contribution in [3.05, 3.63) is 71.8 Å². The van der Waals surface area contributed by atoms with Crippen LogP contribution in [-0.4, -0.2) is 13.0 Å². The number of amides is 1. The molecule has 4 nitrogen and oxygen atoms in total. The Bertz CT molecular complexity index is 1000. The van der Waals surface area contributed by atoms with Crippen molar-refractivity contribution in [1.82, 2.24) is 0 Å². The molecule has 0 aromatic heterocycles. The first-order valence-corrected chi connectivity index (χ1v) is 7.63. The van der Waals surface area contributed by atoms with Crippen molar-refractivity contribution in [2.24, 2.45) is 0 Å². The Morgan fingerprint density at radius 3 is 2.71 bits per heavy atom. The maximum atomic E-state index is 13.1. The summed E-state index contributed by atoms with van der Waals surface area (Å²) in [5.74, 6) is 0.499. The van der Waals surface area contributed by atoms with Gasteiger partial charge in [-0.3, -0.25) is 9.69 Å². The monoisotopic (exact) mass is 314 g/mol. The molecule has 0 saturated heterocycles. The lowest BCUT2D eigenvalue weighted by Crippen LogP contribution is -2.26. The second kappa shape index (κ2) is 5.39. The SMILES string of the molecule is COc1cccc(N2C(=O)c3c(ccc4ccccc34)C2C#N)c1. The first-order chi connectivity index (χ1) is 11.7. The molecule has 0 spiro atoms. The second-order valence-electron chi connectivity index (χ2n) is 5.66. The minimum Gasteiger partial charge on any atom is -0.497 e. The summed E-state index contributed by atoms with van der Waals surface area (Å²) in [6.45, 7) is 0. The van der Waals surface area contributed by atoms with Crippen molar-refractivity contribution < 1.29 is 9.53 Å². The molecule has 1 unspecified atom stereocenters. The molecule has 1 aliphatic heterocycles. The van der Waals surface area contributed by atoms with Crippen LogP contribution >= 0.6 is 0 Å². The summed E-state index contributed by atoms with van der Waals surface area (Å²) < 4.78 is 5.25. The zero-order valence-electron chi connectivity index (χ0n) is 13.1. The predicted molar refractivity (Wildman–Crippen MR) is 92.1 cm³/mol. The lowest BCUT2D eigenvalue weighted by molar-refractivity contribution is 0.0996. The van der Waals surface area contributed by atoms with Crippen molar-refractivity contribution in [2.75, 3.05) is 12.0 Å². The predicted octanol–water partition coefficient (Wildman–Crippen LogP) is 4.07. The summed E-state index contributed by atoms with van der Waals surface area (Å²) in [4.78, 5) is 14.7. The van der Waals surface area contributed by atoms with Gasteiger partial charge in [-0.25, -0.2) is 0 Å². The van der Waals surface area contributed by atoms with Crippen LogP contribution in [0.15, 0.2) is 60.7 Å². The smallest absolute Gasteiger partial charge is 0.260 e. The minimum absolute atomic E-state index is 0.151. The first-order valence-electron chi connectivity index (χ1n) is 7.63. The third-order valence-electron chi connectivity index (χ3n) is 4.40. The van der Waals surface area contributed by atoms with E-state index in [1.54, 1.807) is 18.1 Å². The highest BCUT2D eigenvalue weighted by molar-refractivity contribution is 6.19. The molecule has 3 aromatic carbocycles. The van der Waals surface area contributed by atoms with E-state index in [0.717, 1.165) is 16.3 Å². The number of nitriles is 1. The van der Waals surface area contributed by atoms with E-state index in [2.05, 4.69) is 6.07 Å².